The van der Waals surface area contributed by atoms with E-state index in [2.05, 4.69) is 21.2 Å². The molecule has 0 unspecified atom stereocenters. The maximum Gasteiger partial charge on any atom is 0.329 e. The van der Waals surface area contributed by atoms with Crippen molar-refractivity contribution in [1.82, 2.24) is 16.1 Å². The van der Waals surface area contributed by atoms with Crippen LogP contribution in [-0.4, -0.2) is 56.9 Å². The maximum atomic E-state index is 12.1. The lowest BCUT2D eigenvalue weighted by Gasteiger charge is -2.11. The van der Waals surface area contributed by atoms with Crippen LogP contribution in [0.2, 0.25) is 0 Å². The molecule has 2 aromatic rings. The Morgan fingerprint density at radius 2 is 1.91 bits per heavy atom. The summed E-state index contributed by atoms with van der Waals surface area (Å²) in [6, 6.07) is 14.5. The van der Waals surface area contributed by atoms with Crippen molar-refractivity contribution < 1.29 is 28.6 Å². The molecule has 34 heavy (non-hydrogen) atoms. The second-order valence-corrected chi connectivity index (χ2v) is 7.51. The smallest absolute Gasteiger partial charge is 0.329 e. The van der Waals surface area contributed by atoms with Crippen LogP contribution in [0.25, 0.3) is 0 Å². The quantitative estimate of drug-likeness (QED) is 0.273. The SMILES string of the molecule is COc1cc(/C=N\NC(=O)C(=O)NC[C@H]2CCCO2)ccc1OCC(=O)NCc1ccccc1. The number of nitrogens with one attached hydrogen (secondary N) is 3. The molecule has 0 saturated carbocycles. The van der Waals surface area contributed by atoms with Gasteiger partial charge < -0.3 is 24.8 Å². The van der Waals surface area contributed by atoms with Crippen LogP contribution in [-0.2, 0) is 25.7 Å². The zero-order valence-corrected chi connectivity index (χ0v) is 18.9. The fourth-order valence-corrected chi connectivity index (χ4v) is 3.18. The van der Waals surface area contributed by atoms with Gasteiger partial charge in [-0.1, -0.05) is 30.3 Å². The van der Waals surface area contributed by atoms with Gasteiger partial charge in [-0.25, -0.2) is 5.43 Å². The Bertz CT molecular complexity index is 1010. The fourth-order valence-electron chi connectivity index (χ4n) is 3.18. The van der Waals surface area contributed by atoms with Gasteiger partial charge in [-0.15, -0.1) is 0 Å². The van der Waals surface area contributed by atoms with Gasteiger partial charge in [0.05, 0.1) is 19.4 Å². The first kappa shape index (κ1) is 24.7. The Labute approximate surface area is 197 Å². The highest BCUT2D eigenvalue weighted by molar-refractivity contribution is 6.35. The highest BCUT2D eigenvalue weighted by atomic mass is 16.5. The van der Waals surface area contributed by atoms with Gasteiger partial charge in [0.2, 0.25) is 0 Å². The lowest BCUT2D eigenvalue weighted by Crippen LogP contribution is -2.41. The molecule has 1 heterocycles. The van der Waals surface area contributed by atoms with E-state index in [-0.39, 0.29) is 18.6 Å². The van der Waals surface area contributed by atoms with Gasteiger partial charge >= 0.3 is 11.8 Å². The van der Waals surface area contributed by atoms with Crippen LogP contribution in [0, 0.1) is 0 Å². The number of benzene rings is 2. The molecule has 3 amide bonds. The third kappa shape index (κ3) is 7.89. The van der Waals surface area contributed by atoms with Crippen LogP contribution in [0.15, 0.2) is 53.6 Å². The number of ether oxygens (including phenoxy) is 3. The van der Waals surface area contributed by atoms with Crippen molar-refractivity contribution >= 4 is 23.9 Å². The summed E-state index contributed by atoms with van der Waals surface area (Å²) in [4.78, 5) is 35.7. The van der Waals surface area contributed by atoms with Crippen LogP contribution >= 0.6 is 0 Å². The average Bonchev–Trinajstić information content (AvgIpc) is 3.39. The predicted molar refractivity (Wildman–Crippen MR) is 124 cm³/mol. The van der Waals surface area contributed by atoms with Gasteiger partial charge in [0.25, 0.3) is 5.91 Å². The normalized spacial score (nSPS) is 15.0. The molecule has 180 valence electrons. The molecule has 1 aliphatic rings. The first-order chi connectivity index (χ1) is 16.5. The van der Waals surface area contributed by atoms with E-state index in [9.17, 15) is 14.4 Å². The van der Waals surface area contributed by atoms with Crippen LogP contribution < -0.4 is 25.5 Å². The van der Waals surface area contributed by atoms with E-state index in [0.717, 1.165) is 18.4 Å². The Morgan fingerprint density at radius 3 is 2.65 bits per heavy atom. The molecule has 10 nitrogen and oxygen atoms in total. The summed E-state index contributed by atoms with van der Waals surface area (Å²) in [5.74, 6) is -1.15. The summed E-state index contributed by atoms with van der Waals surface area (Å²) in [5.41, 5.74) is 3.76. The topological polar surface area (TPSA) is 127 Å². The molecular formula is C24H28N4O6. The number of nitrogens with zero attached hydrogens (tertiary/aromatic N) is 1. The molecular weight excluding hydrogens is 440 g/mol. The Balaban J connectivity index is 1.44. The van der Waals surface area contributed by atoms with Crippen molar-refractivity contribution in [2.75, 3.05) is 26.9 Å². The molecule has 0 spiro atoms. The summed E-state index contributed by atoms with van der Waals surface area (Å²) in [6.45, 7) is 1.20. The molecule has 3 N–H and O–H groups in total. The van der Waals surface area contributed by atoms with Crippen molar-refractivity contribution in [3.8, 4) is 11.5 Å². The lowest BCUT2D eigenvalue weighted by molar-refractivity contribution is -0.139. The first-order valence-electron chi connectivity index (χ1n) is 10.9. The van der Waals surface area contributed by atoms with E-state index in [4.69, 9.17) is 14.2 Å². The minimum absolute atomic E-state index is 0.0524. The summed E-state index contributed by atoms with van der Waals surface area (Å²) in [7, 11) is 1.47. The second kappa shape index (κ2) is 12.9. The molecule has 0 aromatic heterocycles. The molecule has 1 atom stereocenters. The summed E-state index contributed by atoms with van der Waals surface area (Å²) in [6.07, 6.45) is 3.12. The predicted octanol–water partition coefficient (Wildman–Crippen LogP) is 1.14. The molecule has 0 aliphatic carbocycles. The van der Waals surface area contributed by atoms with Gasteiger partial charge in [0.1, 0.15) is 0 Å². The average molecular weight is 469 g/mol. The molecule has 1 saturated heterocycles. The summed E-state index contributed by atoms with van der Waals surface area (Å²) < 4.78 is 16.3. The van der Waals surface area contributed by atoms with Crippen LogP contribution in [0.3, 0.4) is 0 Å². The molecule has 1 fully saturated rings. The van der Waals surface area contributed by atoms with Crippen molar-refractivity contribution in [3.05, 3.63) is 59.7 Å². The van der Waals surface area contributed by atoms with E-state index in [1.165, 1.54) is 13.3 Å². The van der Waals surface area contributed by atoms with Gasteiger partial charge in [-0.3, -0.25) is 14.4 Å². The van der Waals surface area contributed by atoms with Crippen molar-refractivity contribution in [2.45, 2.75) is 25.5 Å². The zero-order chi connectivity index (χ0) is 24.2. The van der Waals surface area contributed by atoms with E-state index in [1.54, 1.807) is 18.2 Å². The minimum atomic E-state index is -0.873. The van der Waals surface area contributed by atoms with Crippen molar-refractivity contribution in [3.63, 3.8) is 0 Å². The standard InChI is InChI=1S/C24H28N4O6/c1-32-21-12-18(14-27-28-24(31)23(30)26-15-19-8-5-11-33-19)9-10-20(21)34-16-22(29)25-13-17-6-3-2-4-7-17/h2-4,6-7,9-10,12,14,19H,5,8,11,13,15-16H2,1H3,(H,25,29)(H,26,30)(H,28,31)/b27-14-/t19-/m1/s1. The number of carbonyl (C=O) groups excluding carboxylic acids is 3. The monoisotopic (exact) mass is 468 g/mol. The maximum absolute atomic E-state index is 12.1. The molecule has 1 aliphatic heterocycles. The molecule has 10 heteroatoms. The van der Waals surface area contributed by atoms with E-state index in [1.807, 2.05) is 30.3 Å². The van der Waals surface area contributed by atoms with E-state index in [0.29, 0.717) is 36.8 Å². The Hall–Kier alpha value is -3.92. The molecule has 0 radical (unpaired) electrons. The molecule has 3 rings (SSSR count). The van der Waals surface area contributed by atoms with Crippen molar-refractivity contribution in [2.24, 2.45) is 5.10 Å². The van der Waals surface area contributed by atoms with Crippen molar-refractivity contribution in [1.29, 1.82) is 0 Å². The summed E-state index contributed by atoms with van der Waals surface area (Å²) >= 11 is 0. The number of hydrogen-bond donors (Lipinski definition) is 3. The van der Waals surface area contributed by atoms with Crippen LogP contribution in [0.4, 0.5) is 0 Å². The highest BCUT2D eigenvalue weighted by Crippen LogP contribution is 2.27. The first-order valence-corrected chi connectivity index (χ1v) is 10.9. The van der Waals surface area contributed by atoms with E-state index < -0.39 is 11.8 Å². The molecule has 2 aromatic carbocycles. The lowest BCUT2D eigenvalue weighted by atomic mass is 10.2. The number of hydrogen-bond acceptors (Lipinski definition) is 7. The Kier molecular flexibility index (Phi) is 9.41. The van der Waals surface area contributed by atoms with E-state index >= 15 is 0 Å². The third-order valence-corrected chi connectivity index (χ3v) is 4.98. The number of methoxy groups -OCH3 is 1. The van der Waals surface area contributed by atoms with Gasteiger partial charge in [0.15, 0.2) is 18.1 Å². The number of amides is 3. The number of carbonyl (C=O) groups is 3. The van der Waals surface area contributed by atoms with Gasteiger partial charge in [-0.2, -0.15) is 5.10 Å². The number of hydrazone groups is 1. The Morgan fingerprint density at radius 1 is 1.09 bits per heavy atom. The highest BCUT2D eigenvalue weighted by Gasteiger charge is 2.19. The molecule has 0 bridgehead atoms. The minimum Gasteiger partial charge on any atom is -0.493 e. The second-order valence-electron chi connectivity index (χ2n) is 7.51. The van der Waals surface area contributed by atoms with Crippen LogP contribution in [0.5, 0.6) is 11.5 Å². The van der Waals surface area contributed by atoms with Crippen LogP contribution in [0.1, 0.15) is 24.0 Å². The third-order valence-electron chi connectivity index (χ3n) is 4.98. The zero-order valence-electron chi connectivity index (χ0n) is 18.9. The summed E-state index contributed by atoms with van der Waals surface area (Å²) in [5, 5.41) is 9.10. The fraction of sp³-hybridized carbons (Fsp3) is 0.333. The number of rotatable bonds is 10. The van der Waals surface area contributed by atoms with Gasteiger partial charge in [-0.05, 0) is 42.2 Å². The largest absolute Gasteiger partial charge is 0.493 e. The van der Waals surface area contributed by atoms with Gasteiger partial charge in [0, 0.05) is 19.7 Å².